The van der Waals surface area contributed by atoms with Crippen LogP contribution in [0.4, 0.5) is 5.82 Å². The molecule has 100 valence electrons. The van der Waals surface area contributed by atoms with E-state index in [4.69, 9.17) is 5.10 Å². The Morgan fingerprint density at radius 3 is 3.06 bits per heavy atom. The van der Waals surface area contributed by atoms with Crippen molar-refractivity contribution in [3.05, 3.63) is 10.2 Å². The molecule has 0 radical (unpaired) electrons. The highest BCUT2D eigenvalue weighted by Gasteiger charge is 2.34. The number of fused-ring (bicyclic) bond motifs is 3. The van der Waals surface area contributed by atoms with E-state index in [0.29, 0.717) is 17.9 Å². The smallest absolute Gasteiger partial charge is 0.139 e. The molecule has 18 heavy (non-hydrogen) atoms. The molecule has 0 saturated carbocycles. The lowest BCUT2D eigenvalue weighted by Crippen LogP contribution is -2.44. The number of halogens is 1. The van der Waals surface area contributed by atoms with Gasteiger partial charge in [-0.2, -0.15) is 5.10 Å². The van der Waals surface area contributed by atoms with Gasteiger partial charge in [-0.1, -0.05) is 13.8 Å². The molecule has 0 aromatic carbocycles. The van der Waals surface area contributed by atoms with Gasteiger partial charge in [-0.25, -0.2) is 4.68 Å². The lowest BCUT2D eigenvalue weighted by molar-refractivity contribution is 0.236. The first-order valence-corrected chi connectivity index (χ1v) is 7.67. The first-order chi connectivity index (χ1) is 8.66. The summed E-state index contributed by atoms with van der Waals surface area (Å²) in [5.74, 6) is 2.50. The van der Waals surface area contributed by atoms with E-state index in [1.54, 1.807) is 0 Å². The molecule has 4 nitrogen and oxygen atoms in total. The third kappa shape index (κ3) is 2.07. The number of rotatable bonds is 2. The minimum atomic E-state index is 0.569. The maximum atomic E-state index is 4.85. The summed E-state index contributed by atoms with van der Waals surface area (Å²) in [7, 11) is 0. The molecule has 2 unspecified atom stereocenters. The summed E-state index contributed by atoms with van der Waals surface area (Å²) in [5, 5.41) is 11.9. The lowest BCUT2D eigenvalue weighted by Gasteiger charge is -2.37. The Morgan fingerprint density at radius 1 is 1.44 bits per heavy atom. The average Bonchev–Trinajstić information content (AvgIpc) is 2.66. The second-order valence-electron chi connectivity index (χ2n) is 5.85. The van der Waals surface area contributed by atoms with Crippen molar-refractivity contribution in [3.63, 3.8) is 0 Å². The molecule has 2 aliphatic heterocycles. The van der Waals surface area contributed by atoms with Crippen molar-refractivity contribution in [2.24, 2.45) is 11.8 Å². The fraction of sp³-hybridized carbons (Fsp3) is 0.769. The summed E-state index contributed by atoms with van der Waals surface area (Å²) in [5.41, 5.74) is 1.20. The van der Waals surface area contributed by atoms with Crippen LogP contribution < -0.4 is 10.6 Å². The SMILES string of the molecule is CC(C)Cc1nn2c(c1Br)NCC1CNCCC12. The van der Waals surface area contributed by atoms with Crippen molar-refractivity contribution in [2.45, 2.75) is 32.7 Å². The van der Waals surface area contributed by atoms with Gasteiger partial charge in [0.2, 0.25) is 0 Å². The van der Waals surface area contributed by atoms with Gasteiger partial charge in [-0.3, -0.25) is 0 Å². The maximum Gasteiger partial charge on any atom is 0.139 e. The van der Waals surface area contributed by atoms with Crippen LogP contribution in [0.2, 0.25) is 0 Å². The Morgan fingerprint density at radius 2 is 2.28 bits per heavy atom. The Kier molecular flexibility index (Phi) is 3.36. The highest BCUT2D eigenvalue weighted by Crippen LogP contribution is 2.38. The van der Waals surface area contributed by atoms with Crippen LogP contribution in [0.3, 0.4) is 0 Å². The van der Waals surface area contributed by atoms with Crippen LogP contribution in [0.15, 0.2) is 4.47 Å². The fourth-order valence-corrected chi connectivity index (χ4v) is 3.61. The van der Waals surface area contributed by atoms with E-state index in [2.05, 4.69) is 45.1 Å². The summed E-state index contributed by atoms with van der Waals surface area (Å²) in [6.07, 6.45) is 2.23. The summed E-state index contributed by atoms with van der Waals surface area (Å²) >= 11 is 3.72. The molecule has 0 amide bonds. The van der Waals surface area contributed by atoms with Crippen molar-refractivity contribution in [1.82, 2.24) is 15.1 Å². The van der Waals surface area contributed by atoms with Crippen molar-refractivity contribution in [3.8, 4) is 0 Å². The Labute approximate surface area is 117 Å². The molecular weight excluding hydrogens is 292 g/mol. The van der Waals surface area contributed by atoms with E-state index in [-0.39, 0.29) is 0 Å². The normalized spacial score (nSPS) is 26.7. The number of nitrogens with one attached hydrogen (secondary N) is 2. The quantitative estimate of drug-likeness (QED) is 0.881. The molecule has 0 spiro atoms. The molecule has 0 aliphatic carbocycles. The van der Waals surface area contributed by atoms with Gasteiger partial charge < -0.3 is 10.6 Å². The summed E-state index contributed by atoms with van der Waals surface area (Å²) < 4.78 is 3.41. The predicted molar refractivity (Wildman–Crippen MR) is 77.0 cm³/mol. The molecule has 0 bridgehead atoms. The number of piperidine rings is 1. The number of anilines is 1. The maximum absolute atomic E-state index is 4.85. The second-order valence-corrected chi connectivity index (χ2v) is 6.65. The summed E-state index contributed by atoms with van der Waals surface area (Å²) in [6, 6.07) is 0.569. The van der Waals surface area contributed by atoms with Crippen LogP contribution in [0, 0.1) is 11.8 Å². The van der Waals surface area contributed by atoms with Crippen LogP contribution in [-0.2, 0) is 6.42 Å². The molecule has 2 aliphatic rings. The van der Waals surface area contributed by atoms with Gasteiger partial charge in [0.05, 0.1) is 16.2 Å². The van der Waals surface area contributed by atoms with Crippen LogP contribution >= 0.6 is 15.9 Å². The Bertz CT molecular complexity index is 440. The Balaban J connectivity index is 1.94. The molecule has 1 saturated heterocycles. The van der Waals surface area contributed by atoms with E-state index in [1.165, 1.54) is 22.4 Å². The number of nitrogens with zero attached hydrogens (tertiary/aromatic N) is 2. The van der Waals surface area contributed by atoms with Crippen molar-refractivity contribution >= 4 is 21.7 Å². The largest absolute Gasteiger partial charge is 0.369 e. The van der Waals surface area contributed by atoms with E-state index >= 15 is 0 Å². The van der Waals surface area contributed by atoms with E-state index in [1.807, 2.05) is 0 Å². The molecule has 2 atom stereocenters. The highest BCUT2D eigenvalue weighted by molar-refractivity contribution is 9.10. The molecule has 1 aromatic rings. The standard InChI is InChI=1S/C13H21BrN4/c1-8(2)5-10-12(14)13-16-7-9-6-15-4-3-11(9)18(13)17-10/h8-9,11,15-16H,3-7H2,1-2H3. The zero-order valence-electron chi connectivity index (χ0n) is 11.0. The van der Waals surface area contributed by atoms with E-state index < -0.39 is 0 Å². The summed E-state index contributed by atoms with van der Waals surface area (Å²) in [4.78, 5) is 0. The van der Waals surface area contributed by atoms with Gasteiger partial charge in [0.25, 0.3) is 0 Å². The number of hydrogen-bond acceptors (Lipinski definition) is 3. The van der Waals surface area contributed by atoms with Gasteiger partial charge >= 0.3 is 0 Å². The monoisotopic (exact) mass is 312 g/mol. The van der Waals surface area contributed by atoms with Crippen molar-refractivity contribution < 1.29 is 0 Å². The summed E-state index contributed by atoms with van der Waals surface area (Å²) in [6.45, 7) is 7.76. The van der Waals surface area contributed by atoms with Gasteiger partial charge in [-0.05, 0) is 41.2 Å². The highest BCUT2D eigenvalue weighted by atomic mass is 79.9. The zero-order valence-corrected chi connectivity index (χ0v) is 12.6. The van der Waals surface area contributed by atoms with Crippen LogP contribution in [0.1, 0.15) is 32.0 Å². The molecule has 3 heterocycles. The predicted octanol–water partition coefficient (Wildman–Crippen LogP) is 2.42. The topological polar surface area (TPSA) is 41.9 Å². The van der Waals surface area contributed by atoms with Gasteiger partial charge in [0.1, 0.15) is 5.82 Å². The second kappa shape index (κ2) is 4.85. The number of hydrogen-bond donors (Lipinski definition) is 2. The lowest BCUT2D eigenvalue weighted by atomic mass is 9.92. The Hall–Kier alpha value is -0.550. The molecule has 1 aromatic heterocycles. The molecule has 1 fully saturated rings. The third-order valence-corrected chi connectivity index (χ3v) is 4.77. The van der Waals surface area contributed by atoms with Crippen molar-refractivity contribution in [2.75, 3.05) is 25.0 Å². The van der Waals surface area contributed by atoms with Crippen LogP contribution in [-0.4, -0.2) is 29.4 Å². The van der Waals surface area contributed by atoms with Gasteiger partial charge in [0, 0.05) is 19.0 Å². The third-order valence-electron chi connectivity index (χ3n) is 3.93. The molecule has 3 rings (SSSR count). The zero-order chi connectivity index (χ0) is 12.7. The first-order valence-electron chi connectivity index (χ1n) is 6.88. The average molecular weight is 313 g/mol. The minimum Gasteiger partial charge on any atom is -0.369 e. The van der Waals surface area contributed by atoms with Crippen LogP contribution in [0.5, 0.6) is 0 Å². The van der Waals surface area contributed by atoms with E-state index in [9.17, 15) is 0 Å². The van der Waals surface area contributed by atoms with Gasteiger partial charge in [0.15, 0.2) is 0 Å². The van der Waals surface area contributed by atoms with E-state index in [0.717, 1.165) is 26.1 Å². The van der Waals surface area contributed by atoms with Gasteiger partial charge in [-0.15, -0.1) is 0 Å². The van der Waals surface area contributed by atoms with Crippen molar-refractivity contribution in [1.29, 1.82) is 0 Å². The molecule has 2 N–H and O–H groups in total. The molecular formula is C13H21BrN4. The minimum absolute atomic E-state index is 0.569. The first kappa shape index (κ1) is 12.5. The molecule has 5 heteroatoms. The number of aromatic nitrogens is 2. The van der Waals surface area contributed by atoms with Crippen LogP contribution in [0.25, 0.3) is 0 Å². The fourth-order valence-electron chi connectivity index (χ4n) is 3.04.